The number of nitrogens with zero attached hydrogens (tertiary/aromatic N) is 6. The van der Waals surface area contributed by atoms with Crippen molar-refractivity contribution in [3.63, 3.8) is 0 Å². The molecule has 0 N–H and O–H groups in total. The smallest absolute Gasteiger partial charge is 0.232 e. The number of rotatable bonds is 4. The van der Waals surface area contributed by atoms with Crippen molar-refractivity contribution >= 4 is 29.0 Å². The molecule has 8 heteroatoms. The number of hydrogen-bond donors (Lipinski definition) is 0. The normalized spacial score (nSPS) is 20.5. The van der Waals surface area contributed by atoms with Crippen molar-refractivity contribution in [2.75, 3.05) is 48.4 Å². The van der Waals surface area contributed by atoms with Crippen LogP contribution >= 0.6 is 0 Å². The minimum absolute atomic E-state index is 0.0647. The van der Waals surface area contributed by atoms with Gasteiger partial charge in [-0.15, -0.1) is 0 Å². The SMILES string of the molecule is [CH]c1ccc(N(c2ncc3c(n2)N(C2CCCC2)CCC(=O)N3C)C2CCN(C)CC2)c(F)c1. The van der Waals surface area contributed by atoms with E-state index in [1.165, 1.54) is 18.9 Å². The second-order valence-corrected chi connectivity index (χ2v) is 9.83. The highest BCUT2D eigenvalue weighted by molar-refractivity contribution is 5.97. The van der Waals surface area contributed by atoms with Crippen LogP contribution in [-0.2, 0) is 4.79 Å². The summed E-state index contributed by atoms with van der Waals surface area (Å²) >= 11 is 0. The molecule has 3 heterocycles. The van der Waals surface area contributed by atoms with Crippen LogP contribution in [0.4, 0.5) is 27.5 Å². The van der Waals surface area contributed by atoms with Gasteiger partial charge in [0.05, 0.1) is 11.9 Å². The molecule has 1 amide bonds. The molecule has 1 aromatic carbocycles. The Morgan fingerprint density at radius 1 is 1.09 bits per heavy atom. The maximum absolute atomic E-state index is 15.2. The Labute approximate surface area is 201 Å². The molecule has 1 saturated carbocycles. The second-order valence-electron chi connectivity index (χ2n) is 9.83. The Morgan fingerprint density at radius 2 is 1.82 bits per heavy atom. The lowest BCUT2D eigenvalue weighted by atomic mass is 10.0. The Balaban J connectivity index is 1.61. The Hall–Kier alpha value is -2.74. The zero-order chi connectivity index (χ0) is 23.8. The predicted octanol–water partition coefficient (Wildman–Crippen LogP) is 4.02. The van der Waals surface area contributed by atoms with Crippen molar-refractivity contribution < 1.29 is 9.18 Å². The number of carbonyl (C=O) groups excluding carboxylic acids is 1. The van der Waals surface area contributed by atoms with Crippen molar-refractivity contribution in [1.29, 1.82) is 0 Å². The molecular weight excluding hydrogens is 431 g/mol. The number of carbonyl (C=O) groups is 1. The van der Waals surface area contributed by atoms with Gasteiger partial charge in [-0.1, -0.05) is 18.9 Å². The molecule has 0 unspecified atom stereocenters. The highest BCUT2D eigenvalue weighted by Gasteiger charge is 2.34. The van der Waals surface area contributed by atoms with Gasteiger partial charge in [-0.2, -0.15) is 4.98 Å². The summed E-state index contributed by atoms with van der Waals surface area (Å²) in [5.74, 6) is 0.939. The van der Waals surface area contributed by atoms with E-state index < -0.39 is 0 Å². The van der Waals surface area contributed by atoms with Crippen molar-refractivity contribution in [2.45, 2.75) is 57.0 Å². The fourth-order valence-corrected chi connectivity index (χ4v) is 5.56. The fraction of sp³-hybridized carbons (Fsp3) is 0.538. The second kappa shape index (κ2) is 9.49. The number of piperidine rings is 1. The number of halogens is 1. The van der Waals surface area contributed by atoms with Gasteiger partial charge in [0.2, 0.25) is 11.9 Å². The van der Waals surface area contributed by atoms with Gasteiger partial charge < -0.3 is 19.6 Å². The van der Waals surface area contributed by atoms with Crippen molar-refractivity contribution in [1.82, 2.24) is 14.9 Å². The number of aromatic nitrogens is 2. The number of amides is 1. The lowest BCUT2D eigenvalue weighted by Crippen LogP contribution is -2.43. The van der Waals surface area contributed by atoms with E-state index >= 15 is 4.39 Å². The van der Waals surface area contributed by atoms with Gasteiger partial charge in [0.1, 0.15) is 11.5 Å². The Morgan fingerprint density at radius 3 is 2.53 bits per heavy atom. The molecule has 34 heavy (non-hydrogen) atoms. The lowest BCUT2D eigenvalue weighted by molar-refractivity contribution is -0.118. The molecule has 0 bridgehead atoms. The van der Waals surface area contributed by atoms with Gasteiger partial charge in [-0.05, 0) is 70.4 Å². The van der Waals surface area contributed by atoms with Gasteiger partial charge in [0.15, 0.2) is 5.82 Å². The molecule has 1 aromatic heterocycles. The number of likely N-dealkylation sites (tertiary alicyclic amines) is 1. The Kier molecular flexibility index (Phi) is 6.42. The first-order chi connectivity index (χ1) is 16.4. The molecule has 7 nitrogen and oxygen atoms in total. The monoisotopic (exact) mass is 464 g/mol. The largest absolute Gasteiger partial charge is 0.351 e. The standard InChI is InChI=1S/C26H33FN6O/c1-18-8-9-22(21(27)16-18)33(20-10-13-30(2)14-11-20)26-28-17-23-25(29-26)32(19-6-4-5-7-19)15-12-24(34)31(23)3/h1,8-9,16-17,19-20H,4-7,10-15H2,2-3H3. The average molecular weight is 465 g/mol. The van der Waals surface area contributed by atoms with Crippen LogP contribution in [0.3, 0.4) is 0 Å². The van der Waals surface area contributed by atoms with Crippen LogP contribution in [0.25, 0.3) is 0 Å². The number of anilines is 4. The molecule has 5 rings (SSSR count). The third-order valence-electron chi connectivity index (χ3n) is 7.58. The molecule has 2 aromatic rings. The van der Waals surface area contributed by atoms with Crippen LogP contribution < -0.4 is 14.7 Å². The molecule has 1 aliphatic carbocycles. The first-order valence-electron chi connectivity index (χ1n) is 12.4. The fourth-order valence-electron chi connectivity index (χ4n) is 5.56. The summed E-state index contributed by atoms with van der Waals surface area (Å²) in [6.45, 7) is 8.34. The van der Waals surface area contributed by atoms with E-state index in [-0.39, 0.29) is 17.8 Å². The molecule has 0 spiro atoms. The highest BCUT2D eigenvalue weighted by Crippen LogP contribution is 2.39. The van der Waals surface area contributed by atoms with E-state index in [4.69, 9.17) is 16.9 Å². The zero-order valence-corrected chi connectivity index (χ0v) is 20.1. The van der Waals surface area contributed by atoms with Gasteiger partial charge in [0.25, 0.3) is 0 Å². The summed E-state index contributed by atoms with van der Waals surface area (Å²) in [7, 11) is 3.90. The molecule has 2 aliphatic heterocycles. The minimum Gasteiger partial charge on any atom is -0.351 e. The summed E-state index contributed by atoms with van der Waals surface area (Å²) in [5, 5.41) is 0. The predicted molar refractivity (Wildman–Crippen MR) is 132 cm³/mol. The van der Waals surface area contributed by atoms with Crippen molar-refractivity contribution in [2.24, 2.45) is 0 Å². The number of hydrogen-bond acceptors (Lipinski definition) is 6. The summed E-state index contributed by atoms with van der Waals surface area (Å²) in [4.78, 5) is 30.6. The Bertz CT molecular complexity index is 1050. The van der Waals surface area contributed by atoms with E-state index in [1.807, 2.05) is 4.90 Å². The van der Waals surface area contributed by atoms with Crippen LogP contribution in [0.1, 0.15) is 50.5 Å². The lowest BCUT2D eigenvalue weighted by Gasteiger charge is -2.38. The number of fused-ring (bicyclic) bond motifs is 1. The third-order valence-corrected chi connectivity index (χ3v) is 7.58. The van der Waals surface area contributed by atoms with E-state index in [2.05, 4.69) is 16.8 Å². The van der Waals surface area contributed by atoms with Crippen LogP contribution in [-0.4, -0.2) is 66.6 Å². The number of benzene rings is 1. The maximum Gasteiger partial charge on any atom is 0.232 e. The van der Waals surface area contributed by atoms with E-state index in [1.54, 1.807) is 30.3 Å². The molecule has 0 atom stereocenters. The van der Waals surface area contributed by atoms with Crippen molar-refractivity contribution in [3.05, 3.63) is 42.7 Å². The van der Waals surface area contributed by atoms with E-state index in [0.717, 1.165) is 50.3 Å². The molecular formula is C26H33FN6O. The molecule has 3 aliphatic rings. The molecule has 180 valence electrons. The molecule has 2 radical (unpaired) electrons. The van der Waals surface area contributed by atoms with Crippen molar-refractivity contribution in [3.8, 4) is 0 Å². The highest BCUT2D eigenvalue weighted by atomic mass is 19.1. The average Bonchev–Trinajstić information content (AvgIpc) is 3.32. The van der Waals surface area contributed by atoms with Crippen LogP contribution in [0.2, 0.25) is 0 Å². The van der Waals surface area contributed by atoms with E-state index in [9.17, 15) is 4.79 Å². The minimum atomic E-state index is -0.377. The summed E-state index contributed by atoms with van der Waals surface area (Å²) in [6, 6.07) is 5.24. The zero-order valence-electron chi connectivity index (χ0n) is 20.1. The van der Waals surface area contributed by atoms with Gasteiger partial charge >= 0.3 is 0 Å². The van der Waals surface area contributed by atoms with Crippen LogP contribution in [0.15, 0.2) is 24.4 Å². The quantitative estimate of drug-likeness (QED) is 0.681. The molecule has 2 fully saturated rings. The van der Waals surface area contributed by atoms with Crippen LogP contribution in [0, 0.1) is 12.7 Å². The topological polar surface area (TPSA) is 55.8 Å². The van der Waals surface area contributed by atoms with E-state index in [0.29, 0.717) is 36.2 Å². The summed E-state index contributed by atoms with van der Waals surface area (Å²) < 4.78 is 15.2. The van der Waals surface area contributed by atoms with Gasteiger partial charge in [0, 0.05) is 32.1 Å². The maximum atomic E-state index is 15.2. The first kappa shape index (κ1) is 23.0. The summed E-state index contributed by atoms with van der Waals surface area (Å²) in [5.41, 5.74) is 1.55. The first-order valence-corrected chi connectivity index (χ1v) is 12.4. The van der Waals surface area contributed by atoms with Crippen LogP contribution in [0.5, 0.6) is 0 Å². The molecule has 1 saturated heterocycles. The van der Waals surface area contributed by atoms with Gasteiger partial charge in [-0.3, -0.25) is 4.79 Å². The van der Waals surface area contributed by atoms with Gasteiger partial charge in [-0.25, -0.2) is 9.37 Å². The summed E-state index contributed by atoms with van der Waals surface area (Å²) in [6.07, 6.45) is 8.53. The third kappa shape index (κ3) is 4.35.